The molecule has 28 heavy (non-hydrogen) atoms. The lowest BCUT2D eigenvalue weighted by Gasteiger charge is -2.34. The molecule has 8 nitrogen and oxygen atoms in total. The molecular formula is C20H27N3O5. The van der Waals surface area contributed by atoms with Crippen molar-refractivity contribution in [1.29, 1.82) is 0 Å². The highest BCUT2D eigenvalue weighted by Crippen LogP contribution is 2.20. The van der Waals surface area contributed by atoms with Crippen LogP contribution in [0.2, 0.25) is 0 Å². The fourth-order valence-corrected chi connectivity index (χ4v) is 3.05. The van der Waals surface area contributed by atoms with E-state index in [0.29, 0.717) is 11.5 Å². The molecule has 1 aliphatic heterocycles. The van der Waals surface area contributed by atoms with Crippen molar-refractivity contribution in [3.63, 3.8) is 0 Å². The van der Waals surface area contributed by atoms with Gasteiger partial charge in [0.25, 0.3) is 17.7 Å². The first-order valence-electron chi connectivity index (χ1n) is 9.15. The molecule has 1 fully saturated rings. The van der Waals surface area contributed by atoms with Gasteiger partial charge in [-0.2, -0.15) is 0 Å². The number of nitrogens with zero attached hydrogens (tertiary/aromatic N) is 1. The molecule has 0 bridgehead atoms. The number of carbonyl (C=O) groups excluding carboxylic acids is 3. The Labute approximate surface area is 164 Å². The lowest BCUT2D eigenvalue weighted by Crippen LogP contribution is -2.64. The van der Waals surface area contributed by atoms with Crippen molar-refractivity contribution in [2.24, 2.45) is 5.92 Å². The Kier molecular flexibility index (Phi) is 7.31. The monoisotopic (exact) mass is 389 g/mol. The minimum absolute atomic E-state index is 0.326. The molecule has 0 spiro atoms. The van der Waals surface area contributed by atoms with Gasteiger partial charge in [0.2, 0.25) is 0 Å². The molecule has 8 heteroatoms. The van der Waals surface area contributed by atoms with Crippen LogP contribution in [0.5, 0.6) is 0 Å². The summed E-state index contributed by atoms with van der Waals surface area (Å²) < 4.78 is 5.34. The Morgan fingerprint density at radius 1 is 1.18 bits per heavy atom. The number of benzene rings is 1. The molecule has 3 N–H and O–H groups in total. The Balaban J connectivity index is 2.15. The maximum Gasteiger partial charge on any atom is 0.278 e. The summed E-state index contributed by atoms with van der Waals surface area (Å²) >= 11 is 0. The first-order chi connectivity index (χ1) is 13.3. The molecule has 0 unspecified atom stereocenters. The molecule has 1 heterocycles. The SMILES string of the molecule is CNC(=O)[C@@](C)(C(=O)NO)N(C)C(=O)c1ccc(/C=C/C2CCOCC2)cc1. The number of rotatable bonds is 6. The molecule has 1 aromatic carbocycles. The van der Waals surface area contributed by atoms with Gasteiger partial charge in [-0.15, -0.1) is 0 Å². The molecule has 0 aliphatic carbocycles. The van der Waals surface area contributed by atoms with E-state index < -0.39 is 23.3 Å². The topological polar surface area (TPSA) is 108 Å². The van der Waals surface area contributed by atoms with Crippen LogP contribution in [0.15, 0.2) is 30.3 Å². The molecule has 0 saturated carbocycles. The average Bonchev–Trinajstić information content (AvgIpc) is 2.75. The van der Waals surface area contributed by atoms with Gasteiger partial charge in [0.15, 0.2) is 5.54 Å². The van der Waals surface area contributed by atoms with Crippen LogP contribution in [0.1, 0.15) is 35.7 Å². The predicted molar refractivity (Wildman–Crippen MR) is 104 cm³/mol. The molecule has 0 aromatic heterocycles. The molecule has 2 rings (SSSR count). The minimum atomic E-state index is -1.90. The Morgan fingerprint density at radius 3 is 2.32 bits per heavy atom. The van der Waals surface area contributed by atoms with Crippen molar-refractivity contribution < 1.29 is 24.3 Å². The number of allylic oxidation sites excluding steroid dienone is 1. The molecule has 1 aromatic rings. The van der Waals surface area contributed by atoms with E-state index in [1.54, 1.807) is 24.3 Å². The van der Waals surface area contributed by atoms with Crippen molar-refractivity contribution in [2.75, 3.05) is 27.3 Å². The van der Waals surface area contributed by atoms with Gasteiger partial charge in [-0.05, 0) is 43.4 Å². The Morgan fingerprint density at radius 2 is 1.79 bits per heavy atom. The first kappa shape index (κ1) is 21.6. The first-order valence-corrected chi connectivity index (χ1v) is 9.15. The van der Waals surface area contributed by atoms with Crippen LogP contribution in [0.3, 0.4) is 0 Å². The molecule has 152 valence electrons. The predicted octanol–water partition coefficient (Wildman–Crippen LogP) is 1.21. The van der Waals surface area contributed by atoms with Gasteiger partial charge < -0.3 is 15.0 Å². The number of amides is 3. The summed E-state index contributed by atoms with van der Waals surface area (Å²) in [7, 11) is 2.69. The Bertz CT molecular complexity index is 723. The molecule has 1 atom stereocenters. The van der Waals surface area contributed by atoms with Crippen molar-refractivity contribution in [3.8, 4) is 0 Å². The highest BCUT2D eigenvalue weighted by Gasteiger charge is 2.47. The van der Waals surface area contributed by atoms with E-state index in [9.17, 15) is 14.4 Å². The van der Waals surface area contributed by atoms with E-state index in [2.05, 4.69) is 11.4 Å². The molecular weight excluding hydrogens is 362 g/mol. The smallest absolute Gasteiger partial charge is 0.278 e. The normalized spacial score (nSPS) is 17.0. The number of likely N-dealkylation sites (N-methyl/N-ethyl adjacent to an activating group) is 2. The quantitative estimate of drug-likeness (QED) is 0.385. The summed E-state index contributed by atoms with van der Waals surface area (Å²) in [4.78, 5) is 38.1. The third-order valence-corrected chi connectivity index (χ3v) is 5.17. The van der Waals surface area contributed by atoms with E-state index >= 15 is 0 Å². The zero-order chi connectivity index (χ0) is 20.7. The Hall–Kier alpha value is -2.71. The van der Waals surface area contributed by atoms with Gasteiger partial charge in [-0.1, -0.05) is 24.3 Å². The standard InChI is InChI=1S/C20H27N3O5/c1-20(18(25)21-2,19(26)22-27)23(3)17(24)16-8-6-14(7-9-16)4-5-15-10-12-28-13-11-15/h4-9,15,27H,10-13H2,1-3H3,(H,21,25)(H,22,26)/b5-4+/t20-/m0/s1. The van der Waals surface area contributed by atoms with E-state index in [0.717, 1.165) is 36.5 Å². The van der Waals surface area contributed by atoms with Gasteiger partial charge in [-0.3, -0.25) is 19.6 Å². The average molecular weight is 389 g/mol. The van der Waals surface area contributed by atoms with Crippen LogP contribution in [-0.4, -0.2) is 60.7 Å². The minimum Gasteiger partial charge on any atom is -0.381 e. The number of hydrogen-bond donors (Lipinski definition) is 3. The molecule has 1 aliphatic rings. The highest BCUT2D eigenvalue weighted by atomic mass is 16.5. The zero-order valence-corrected chi connectivity index (χ0v) is 16.4. The second kappa shape index (κ2) is 9.48. The van der Waals surface area contributed by atoms with E-state index in [4.69, 9.17) is 9.94 Å². The van der Waals surface area contributed by atoms with E-state index in [1.165, 1.54) is 26.5 Å². The van der Waals surface area contributed by atoms with Crippen molar-refractivity contribution in [1.82, 2.24) is 15.7 Å². The van der Waals surface area contributed by atoms with Crippen LogP contribution in [0.25, 0.3) is 6.08 Å². The summed E-state index contributed by atoms with van der Waals surface area (Å²) in [5.74, 6) is -1.74. The van der Waals surface area contributed by atoms with Crippen LogP contribution in [0, 0.1) is 5.92 Å². The third kappa shape index (κ3) is 4.58. The van der Waals surface area contributed by atoms with Gasteiger partial charge >= 0.3 is 0 Å². The van der Waals surface area contributed by atoms with Gasteiger partial charge in [-0.25, -0.2) is 5.48 Å². The third-order valence-electron chi connectivity index (χ3n) is 5.17. The number of hydrogen-bond acceptors (Lipinski definition) is 5. The van der Waals surface area contributed by atoms with Gasteiger partial charge in [0.1, 0.15) is 0 Å². The summed E-state index contributed by atoms with van der Waals surface area (Å²) in [5.41, 5.74) is 0.830. The second-order valence-corrected chi connectivity index (χ2v) is 6.89. The van der Waals surface area contributed by atoms with Crippen LogP contribution in [0.4, 0.5) is 0 Å². The van der Waals surface area contributed by atoms with Crippen molar-refractivity contribution >= 4 is 23.8 Å². The highest BCUT2D eigenvalue weighted by molar-refractivity contribution is 6.12. The fourth-order valence-electron chi connectivity index (χ4n) is 3.05. The van der Waals surface area contributed by atoms with Crippen LogP contribution >= 0.6 is 0 Å². The lowest BCUT2D eigenvalue weighted by molar-refractivity contribution is -0.148. The van der Waals surface area contributed by atoms with Crippen LogP contribution < -0.4 is 10.8 Å². The maximum absolute atomic E-state index is 12.8. The van der Waals surface area contributed by atoms with Crippen molar-refractivity contribution in [3.05, 3.63) is 41.5 Å². The van der Waals surface area contributed by atoms with Gasteiger partial charge in [0.05, 0.1) is 0 Å². The summed E-state index contributed by atoms with van der Waals surface area (Å²) in [6.45, 7) is 2.82. The lowest BCUT2D eigenvalue weighted by atomic mass is 9.96. The van der Waals surface area contributed by atoms with Crippen molar-refractivity contribution in [2.45, 2.75) is 25.3 Å². The largest absolute Gasteiger partial charge is 0.381 e. The summed E-state index contributed by atoms with van der Waals surface area (Å²) in [6, 6.07) is 6.90. The maximum atomic E-state index is 12.8. The number of ether oxygens (including phenoxy) is 1. The van der Waals surface area contributed by atoms with E-state index in [1.807, 2.05) is 6.08 Å². The zero-order valence-electron chi connectivity index (χ0n) is 16.4. The summed E-state index contributed by atoms with van der Waals surface area (Å²) in [6.07, 6.45) is 6.17. The van der Waals surface area contributed by atoms with Crippen LogP contribution in [-0.2, 0) is 14.3 Å². The molecule has 1 saturated heterocycles. The molecule has 3 amide bonds. The number of hydroxylamine groups is 1. The fraction of sp³-hybridized carbons (Fsp3) is 0.450. The molecule has 0 radical (unpaired) electrons. The second-order valence-electron chi connectivity index (χ2n) is 6.89. The van der Waals surface area contributed by atoms with E-state index in [-0.39, 0.29) is 0 Å². The summed E-state index contributed by atoms with van der Waals surface area (Å²) in [5, 5.41) is 11.3. The van der Waals surface area contributed by atoms with Gasteiger partial charge in [0, 0.05) is 32.9 Å². The number of carbonyl (C=O) groups is 3. The number of nitrogens with one attached hydrogen (secondary N) is 2.